The summed E-state index contributed by atoms with van der Waals surface area (Å²) in [5, 5.41) is 6.25. The molecule has 0 spiro atoms. The highest BCUT2D eigenvalue weighted by atomic mass is 32.1. The van der Waals surface area contributed by atoms with Gasteiger partial charge in [0.25, 0.3) is 0 Å². The van der Waals surface area contributed by atoms with Crippen LogP contribution in [0.2, 0.25) is 0 Å². The molecule has 0 unspecified atom stereocenters. The predicted molar refractivity (Wildman–Crippen MR) is 164 cm³/mol. The van der Waals surface area contributed by atoms with Gasteiger partial charge in [-0.25, -0.2) is 29.8 Å². The highest BCUT2D eigenvalue weighted by Gasteiger charge is 2.51. The third-order valence-corrected chi connectivity index (χ3v) is 8.56. The number of nitrogens with one attached hydrogen (secondary N) is 1. The van der Waals surface area contributed by atoms with Crippen LogP contribution in [0.3, 0.4) is 0 Å². The lowest BCUT2D eigenvalue weighted by Gasteiger charge is -2.55. The van der Waals surface area contributed by atoms with E-state index in [9.17, 15) is 14.4 Å². The SMILES string of the molecule is C=CCN1CC(=O)N2[C@@H](Cc3cnc(OC)nc3)C(=O)N(Cc3cccc4scnc34)C[C@@H]2N1C(=O)NCc1ccccc1. The third-order valence-electron chi connectivity index (χ3n) is 7.76. The zero-order chi connectivity index (χ0) is 30.6. The van der Waals surface area contributed by atoms with Crippen LogP contribution < -0.4 is 10.1 Å². The standard InChI is InChI=1S/C31H32N8O4S/c1-3-12-37-19-27(40)38-24(13-22-15-32-30(43-2)33-16-22)29(41)36(17-23-10-7-11-25-28(23)35-20-44-25)18-26(38)39(37)31(42)34-14-21-8-5-4-6-9-21/h3-11,15-16,20,24,26H,1,12-14,17-19H2,2H3,(H,34,42)/t24-,26-/m0/s1. The van der Waals surface area contributed by atoms with Gasteiger partial charge in [-0.2, -0.15) is 0 Å². The molecule has 0 aliphatic carbocycles. The lowest BCUT2D eigenvalue weighted by molar-refractivity contribution is -0.189. The van der Waals surface area contributed by atoms with E-state index in [0.717, 1.165) is 21.3 Å². The molecule has 4 aromatic rings. The number of piperazine rings is 1. The number of hydrazine groups is 1. The Kier molecular flexibility index (Phi) is 8.48. The molecule has 2 atom stereocenters. The van der Waals surface area contributed by atoms with Crippen LogP contribution in [0, 0.1) is 0 Å². The number of rotatable bonds is 9. The second kappa shape index (κ2) is 12.8. The van der Waals surface area contributed by atoms with Crippen molar-refractivity contribution in [3.8, 4) is 6.01 Å². The fraction of sp³-hybridized carbons (Fsp3) is 0.290. The van der Waals surface area contributed by atoms with Crippen molar-refractivity contribution in [2.45, 2.75) is 31.7 Å². The van der Waals surface area contributed by atoms with Crippen molar-refractivity contribution >= 4 is 39.4 Å². The van der Waals surface area contributed by atoms with E-state index in [1.54, 1.807) is 43.8 Å². The van der Waals surface area contributed by atoms with Crippen LogP contribution in [-0.2, 0) is 29.1 Å². The van der Waals surface area contributed by atoms with E-state index in [0.29, 0.717) is 12.1 Å². The maximum Gasteiger partial charge on any atom is 0.334 e. The Morgan fingerprint density at radius 1 is 1.09 bits per heavy atom. The summed E-state index contributed by atoms with van der Waals surface area (Å²) in [4.78, 5) is 58.1. The molecule has 2 aliphatic heterocycles. The summed E-state index contributed by atoms with van der Waals surface area (Å²) in [6.45, 7) is 4.73. The number of nitrogens with zero attached hydrogens (tertiary/aromatic N) is 7. The topological polar surface area (TPSA) is 124 Å². The number of methoxy groups -OCH3 is 1. The van der Waals surface area contributed by atoms with Crippen LogP contribution >= 0.6 is 11.3 Å². The van der Waals surface area contributed by atoms with Crippen LogP contribution in [0.1, 0.15) is 16.7 Å². The highest BCUT2D eigenvalue weighted by molar-refractivity contribution is 7.16. The van der Waals surface area contributed by atoms with E-state index in [1.807, 2.05) is 48.5 Å². The number of amides is 4. The summed E-state index contributed by atoms with van der Waals surface area (Å²) in [5.41, 5.74) is 5.11. The number of thiazole rings is 1. The second-order valence-corrected chi connectivity index (χ2v) is 11.4. The first-order valence-electron chi connectivity index (χ1n) is 14.2. The van der Waals surface area contributed by atoms with Crippen molar-refractivity contribution in [3.63, 3.8) is 0 Å². The summed E-state index contributed by atoms with van der Waals surface area (Å²) in [7, 11) is 1.48. The largest absolute Gasteiger partial charge is 0.467 e. The molecule has 4 amide bonds. The summed E-state index contributed by atoms with van der Waals surface area (Å²) >= 11 is 1.53. The molecule has 2 aromatic heterocycles. The molecule has 12 nitrogen and oxygen atoms in total. The molecule has 4 heterocycles. The second-order valence-electron chi connectivity index (χ2n) is 10.5. The number of ether oxygens (including phenoxy) is 1. The summed E-state index contributed by atoms with van der Waals surface area (Å²) < 4.78 is 6.11. The van der Waals surface area contributed by atoms with Gasteiger partial charge in [0, 0.05) is 38.4 Å². The normalized spacial score (nSPS) is 18.8. The molecule has 0 radical (unpaired) electrons. The average molecular weight is 613 g/mol. The Bertz CT molecular complexity index is 1660. The Morgan fingerprint density at radius 3 is 2.64 bits per heavy atom. The first-order valence-corrected chi connectivity index (χ1v) is 15.1. The summed E-state index contributed by atoms with van der Waals surface area (Å²) in [6.07, 6.45) is 4.24. The number of hydrogen-bond donors (Lipinski definition) is 1. The molecule has 0 saturated carbocycles. The minimum atomic E-state index is -0.886. The van der Waals surface area contributed by atoms with Crippen LogP contribution in [-0.4, -0.2) is 91.6 Å². The Hall–Kier alpha value is -4.88. The number of hydrogen-bond acceptors (Lipinski definition) is 9. The van der Waals surface area contributed by atoms with E-state index >= 15 is 0 Å². The average Bonchev–Trinajstić information content (AvgIpc) is 3.53. The number of fused-ring (bicyclic) bond motifs is 2. The van der Waals surface area contributed by atoms with Crippen molar-refractivity contribution in [3.05, 3.63) is 95.8 Å². The van der Waals surface area contributed by atoms with Gasteiger partial charge in [0.1, 0.15) is 12.2 Å². The van der Waals surface area contributed by atoms with Gasteiger partial charge in [-0.1, -0.05) is 48.5 Å². The van der Waals surface area contributed by atoms with Gasteiger partial charge in [0.15, 0.2) is 0 Å². The fourth-order valence-corrected chi connectivity index (χ4v) is 6.48. The van der Waals surface area contributed by atoms with Crippen LogP contribution in [0.15, 0.2) is 79.1 Å². The van der Waals surface area contributed by atoms with Gasteiger partial charge in [-0.3, -0.25) is 9.59 Å². The van der Waals surface area contributed by atoms with E-state index < -0.39 is 12.2 Å². The van der Waals surface area contributed by atoms with E-state index in [-0.39, 0.29) is 56.5 Å². The maximum atomic E-state index is 14.2. The highest BCUT2D eigenvalue weighted by Crippen LogP contribution is 2.30. The predicted octanol–water partition coefficient (Wildman–Crippen LogP) is 2.83. The van der Waals surface area contributed by atoms with E-state index in [4.69, 9.17) is 4.74 Å². The first kappa shape index (κ1) is 29.2. The summed E-state index contributed by atoms with van der Waals surface area (Å²) in [5.74, 6) is -0.475. The lowest BCUT2D eigenvalue weighted by atomic mass is 9.99. The van der Waals surface area contributed by atoms with Gasteiger partial charge in [-0.15, -0.1) is 17.9 Å². The van der Waals surface area contributed by atoms with Gasteiger partial charge in [0.2, 0.25) is 11.8 Å². The number of urea groups is 1. The van der Waals surface area contributed by atoms with Crippen molar-refractivity contribution in [2.24, 2.45) is 0 Å². The van der Waals surface area contributed by atoms with Gasteiger partial charge >= 0.3 is 12.0 Å². The Labute approximate surface area is 258 Å². The van der Waals surface area contributed by atoms with Crippen molar-refractivity contribution in [1.29, 1.82) is 0 Å². The molecule has 2 saturated heterocycles. The van der Waals surface area contributed by atoms with E-state index in [1.165, 1.54) is 18.4 Å². The smallest absolute Gasteiger partial charge is 0.334 e. The van der Waals surface area contributed by atoms with Gasteiger partial charge < -0.3 is 19.9 Å². The molecular formula is C31H32N8O4S. The van der Waals surface area contributed by atoms with Crippen LogP contribution in [0.4, 0.5) is 4.79 Å². The molecule has 2 aliphatic rings. The number of benzene rings is 2. The van der Waals surface area contributed by atoms with Gasteiger partial charge in [-0.05, 0) is 22.8 Å². The molecular weight excluding hydrogens is 580 g/mol. The fourth-order valence-electron chi connectivity index (χ4n) is 5.75. The maximum absolute atomic E-state index is 14.2. The lowest BCUT2D eigenvalue weighted by Crippen LogP contribution is -2.76. The van der Waals surface area contributed by atoms with Gasteiger partial charge in [0.05, 0.1) is 35.9 Å². The van der Waals surface area contributed by atoms with Crippen molar-refractivity contribution in [1.82, 2.24) is 40.1 Å². The number of carbonyl (C=O) groups is 3. The summed E-state index contributed by atoms with van der Waals surface area (Å²) in [6, 6.07) is 14.4. The van der Waals surface area contributed by atoms with Crippen molar-refractivity contribution < 1.29 is 19.1 Å². The molecule has 2 fully saturated rings. The van der Waals surface area contributed by atoms with E-state index in [2.05, 4.69) is 26.8 Å². The Morgan fingerprint density at radius 2 is 1.89 bits per heavy atom. The molecule has 44 heavy (non-hydrogen) atoms. The molecule has 2 aromatic carbocycles. The zero-order valence-corrected chi connectivity index (χ0v) is 25.0. The Balaban J connectivity index is 1.36. The van der Waals surface area contributed by atoms with Crippen LogP contribution in [0.5, 0.6) is 6.01 Å². The third kappa shape index (κ3) is 5.83. The minimum Gasteiger partial charge on any atom is -0.467 e. The number of aromatic nitrogens is 3. The number of para-hydroxylation sites is 1. The van der Waals surface area contributed by atoms with Crippen LogP contribution in [0.25, 0.3) is 10.2 Å². The monoisotopic (exact) mass is 612 g/mol. The zero-order valence-electron chi connectivity index (χ0n) is 24.2. The molecule has 13 heteroatoms. The number of carbonyl (C=O) groups excluding carboxylic acids is 3. The molecule has 226 valence electrons. The first-order chi connectivity index (χ1) is 21.5. The molecule has 6 rings (SSSR count). The quantitative estimate of drug-likeness (QED) is 0.286. The van der Waals surface area contributed by atoms with Crippen molar-refractivity contribution in [2.75, 3.05) is 26.7 Å². The molecule has 0 bridgehead atoms. The molecule has 1 N–H and O–H groups in total. The minimum absolute atomic E-state index is 0.0811.